The molecule has 0 aliphatic carbocycles. The maximum Gasteiger partial charge on any atom is 0.205 e. The van der Waals surface area contributed by atoms with Crippen LogP contribution in [0.15, 0.2) is 87.4 Å². The first-order valence-corrected chi connectivity index (χ1v) is 10.1. The fourth-order valence-electron chi connectivity index (χ4n) is 4.00. The Balaban J connectivity index is 1.82. The molecule has 6 nitrogen and oxygen atoms in total. The Morgan fingerprint density at radius 2 is 1.78 bits per heavy atom. The predicted octanol–water partition coefficient (Wildman–Crippen LogP) is 5.04. The maximum atomic E-state index is 13.0. The van der Waals surface area contributed by atoms with Crippen LogP contribution in [0.25, 0.3) is 22.3 Å². The van der Waals surface area contributed by atoms with Crippen molar-refractivity contribution in [3.05, 3.63) is 105 Å². The zero-order valence-corrected chi connectivity index (χ0v) is 17.3. The molecule has 7 heteroatoms. The summed E-state index contributed by atoms with van der Waals surface area (Å²) in [6, 6.07) is 20.9. The Hall–Kier alpha value is -4.21. The number of halogens is 1. The number of nitriles is 1. The number of nitrogens with two attached hydrogens (primary N) is 1. The maximum absolute atomic E-state index is 13.0. The summed E-state index contributed by atoms with van der Waals surface area (Å²) in [6.45, 7) is 0. The number of fused-ring (bicyclic) bond motifs is 2. The van der Waals surface area contributed by atoms with Gasteiger partial charge in [0.1, 0.15) is 39.9 Å². The number of aromatic hydroxyl groups is 1. The van der Waals surface area contributed by atoms with Gasteiger partial charge in [-0.15, -0.1) is 0 Å². The Morgan fingerprint density at radius 3 is 2.50 bits per heavy atom. The van der Waals surface area contributed by atoms with E-state index in [2.05, 4.69) is 0 Å². The van der Waals surface area contributed by atoms with Crippen LogP contribution in [0.4, 0.5) is 0 Å². The highest BCUT2D eigenvalue weighted by Gasteiger charge is 2.36. The monoisotopic (exact) mass is 442 g/mol. The summed E-state index contributed by atoms with van der Waals surface area (Å²) >= 11 is 6.41. The van der Waals surface area contributed by atoms with E-state index in [1.54, 1.807) is 24.3 Å². The summed E-state index contributed by atoms with van der Waals surface area (Å²) in [6.07, 6.45) is 0. The van der Waals surface area contributed by atoms with E-state index >= 15 is 0 Å². The van der Waals surface area contributed by atoms with E-state index in [0.29, 0.717) is 21.9 Å². The van der Waals surface area contributed by atoms with Crippen molar-refractivity contribution in [3.63, 3.8) is 0 Å². The van der Waals surface area contributed by atoms with Gasteiger partial charge >= 0.3 is 0 Å². The van der Waals surface area contributed by atoms with Crippen molar-refractivity contribution in [2.75, 3.05) is 0 Å². The van der Waals surface area contributed by atoms with Crippen molar-refractivity contribution in [1.29, 1.82) is 5.26 Å². The number of nitrogens with zero attached hydrogens (tertiary/aromatic N) is 1. The Kier molecular flexibility index (Phi) is 4.62. The number of ether oxygens (including phenoxy) is 1. The molecule has 0 bridgehead atoms. The molecule has 156 valence electrons. The van der Waals surface area contributed by atoms with Crippen LogP contribution in [0, 0.1) is 11.3 Å². The van der Waals surface area contributed by atoms with Gasteiger partial charge in [0.05, 0.1) is 11.5 Å². The van der Waals surface area contributed by atoms with Crippen LogP contribution < -0.4 is 15.9 Å². The molecule has 0 radical (unpaired) electrons. The van der Waals surface area contributed by atoms with Gasteiger partial charge in [-0.25, -0.2) is 0 Å². The fraction of sp³-hybridized carbons (Fsp3) is 0.0400. The third-order valence-corrected chi connectivity index (χ3v) is 5.80. The van der Waals surface area contributed by atoms with Gasteiger partial charge in [-0.05, 0) is 11.6 Å². The number of benzene rings is 3. The molecule has 2 heterocycles. The van der Waals surface area contributed by atoms with Crippen molar-refractivity contribution in [1.82, 2.24) is 0 Å². The highest BCUT2D eigenvalue weighted by molar-refractivity contribution is 6.31. The van der Waals surface area contributed by atoms with Crippen molar-refractivity contribution < 1.29 is 14.3 Å². The van der Waals surface area contributed by atoms with Gasteiger partial charge in [-0.1, -0.05) is 60.1 Å². The second-order valence-corrected chi connectivity index (χ2v) is 7.70. The van der Waals surface area contributed by atoms with Crippen molar-refractivity contribution >= 4 is 22.6 Å². The molecule has 0 saturated carbocycles. The highest BCUT2D eigenvalue weighted by Crippen LogP contribution is 2.50. The minimum absolute atomic E-state index is 0.0122. The molecular formula is C25H15ClN2O4. The van der Waals surface area contributed by atoms with Crippen molar-refractivity contribution in [2.45, 2.75) is 5.92 Å². The van der Waals surface area contributed by atoms with E-state index in [1.165, 1.54) is 12.1 Å². The zero-order chi connectivity index (χ0) is 22.4. The van der Waals surface area contributed by atoms with Crippen LogP contribution in [0.1, 0.15) is 17.0 Å². The SMILES string of the molecule is N#CC1=C(N)Oc2cc3oc(-c4ccccc4)cc(=O)c3c(O)c2C1c1ccccc1Cl. The minimum atomic E-state index is -0.810. The molecule has 5 rings (SSSR count). The number of allylic oxidation sites excluding steroid dienone is 1. The molecule has 32 heavy (non-hydrogen) atoms. The van der Waals surface area contributed by atoms with Crippen LogP contribution in [0.5, 0.6) is 11.5 Å². The predicted molar refractivity (Wildman–Crippen MR) is 120 cm³/mol. The first-order chi connectivity index (χ1) is 15.5. The fourth-order valence-corrected chi connectivity index (χ4v) is 4.25. The second kappa shape index (κ2) is 7.49. The van der Waals surface area contributed by atoms with Gasteiger partial charge < -0.3 is 20.0 Å². The zero-order valence-electron chi connectivity index (χ0n) is 16.5. The third-order valence-electron chi connectivity index (χ3n) is 5.45. The van der Waals surface area contributed by atoms with Gasteiger partial charge in [0.25, 0.3) is 0 Å². The standard InChI is InChI=1S/C25H15ClN2O4/c26-16-9-5-4-8-14(16)21-15(12-27)25(28)32-20-11-19-22(24(30)23(20)21)17(29)10-18(31-19)13-6-2-1-3-7-13/h1-11,21,30H,28H2. The molecule has 0 fully saturated rings. The van der Waals surface area contributed by atoms with Crippen molar-refractivity contribution in [3.8, 4) is 28.9 Å². The third kappa shape index (κ3) is 2.99. The molecule has 0 saturated heterocycles. The average Bonchev–Trinajstić information content (AvgIpc) is 2.79. The van der Waals surface area contributed by atoms with Crippen LogP contribution in [-0.4, -0.2) is 5.11 Å². The molecule has 4 aromatic rings. The largest absolute Gasteiger partial charge is 0.507 e. The highest BCUT2D eigenvalue weighted by atomic mass is 35.5. The van der Waals surface area contributed by atoms with Crippen LogP contribution in [0.3, 0.4) is 0 Å². The van der Waals surface area contributed by atoms with Crippen LogP contribution >= 0.6 is 11.6 Å². The first kappa shape index (κ1) is 19.7. The molecule has 1 aliphatic heterocycles. The summed E-state index contributed by atoms with van der Waals surface area (Å²) in [4.78, 5) is 13.0. The van der Waals surface area contributed by atoms with E-state index < -0.39 is 11.3 Å². The molecule has 0 amide bonds. The minimum Gasteiger partial charge on any atom is -0.507 e. The Labute approximate surface area is 187 Å². The number of hydrogen-bond donors (Lipinski definition) is 2. The molecule has 3 aromatic carbocycles. The lowest BCUT2D eigenvalue weighted by Crippen LogP contribution is -2.22. The number of phenolic OH excluding ortho intramolecular Hbond substituents is 1. The van der Waals surface area contributed by atoms with Gasteiger partial charge in [0, 0.05) is 22.7 Å². The number of phenols is 1. The number of hydrogen-bond acceptors (Lipinski definition) is 6. The van der Waals surface area contributed by atoms with Gasteiger partial charge in [0.2, 0.25) is 5.88 Å². The molecule has 3 N–H and O–H groups in total. The lowest BCUT2D eigenvalue weighted by Gasteiger charge is -2.28. The molecular weight excluding hydrogens is 428 g/mol. The Morgan fingerprint density at radius 1 is 1.06 bits per heavy atom. The van der Waals surface area contributed by atoms with E-state index in [-0.39, 0.29) is 39.5 Å². The summed E-state index contributed by atoms with van der Waals surface area (Å²) in [5.41, 5.74) is 7.34. The smallest absolute Gasteiger partial charge is 0.205 e. The average molecular weight is 443 g/mol. The van der Waals surface area contributed by atoms with Crippen LogP contribution in [-0.2, 0) is 0 Å². The summed E-state index contributed by atoms with van der Waals surface area (Å²) in [5, 5.41) is 21.3. The van der Waals surface area contributed by atoms with Crippen LogP contribution in [0.2, 0.25) is 5.02 Å². The van der Waals surface area contributed by atoms with E-state index in [0.717, 1.165) is 0 Å². The molecule has 1 atom stereocenters. The Bertz CT molecular complexity index is 1520. The quantitative estimate of drug-likeness (QED) is 0.450. The summed E-state index contributed by atoms with van der Waals surface area (Å²) in [7, 11) is 0. The van der Waals surface area contributed by atoms with E-state index in [1.807, 2.05) is 36.4 Å². The molecule has 1 unspecified atom stereocenters. The molecule has 1 aliphatic rings. The first-order valence-electron chi connectivity index (χ1n) is 9.70. The normalized spacial score (nSPS) is 15.2. The lowest BCUT2D eigenvalue weighted by atomic mass is 9.82. The molecule has 1 aromatic heterocycles. The van der Waals surface area contributed by atoms with E-state index in [4.69, 9.17) is 26.5 Å². The second-order valence-electron chi connectivity index (χ2n) is 7.30. The van der Waals surface area contributed by atoms with Gasteiger partial charge in [0.15, 0.2) is 5.43 Å². The van der Waals surface area contributed by atoms with Gasteiger partial charge in [-0.3, -0.25) is 4.79 Å². The summed E-state index contributed by atoms with van der Waals surface area (Å²) in [5.74, 6) is -0.719. The van der Waals surface area contributed by atoms with Crippen molar-refractivity contribution in [2.24, 2.45) is 5.73 Å². The topological polar surface area (TPSA) is 109 Å². The number of rotatable bonds is 2. The van der Waals surface area contributed by atoms with E-state index in [9.17, 15) is 15.2 Å². The lowest BCUT2D eigenvalue weighted by molar-refractivity contribution is 0.383. The van der Waals surface area contributed by atoms with Gasteiger partial charge in [-0.2, -0.15) is 5.26 Å². The summed E-state index contributed by atoms with van der Waals surface area (Å²) < 4.78 is 11.6. The molecule has 0 spiro atoms.